The second kappa shape index (κ2) is 6.31. The van der Waals surface area contributed by atoms with Crippen molar-refractivity contribution in [1.29, 1.82) is 0 Å². The van der Waals surface area contributed by atoms with Crippen molar-refractivity contribution in [3.8, 4) is 5.75 Å². The second-order valence-electron chi connectivity index (χ2n) is 6.30. The van der Waals surface area contributed by atoms with E-state index < -0.39 is 0 Å². The fraction of sp³-hybridized carbons (Fsp3) is 0.150. The fourth-order valence-corrected chi connectivity index (χ4v) is 4.76. The lowest BCUT2D eigenvalue weighted by Crippen LogP contribution is -2.33. The van der Waals surface area contributed by atoms with Crippen LogP contribution in [-0.2, 0) is 0 Å². The average molecular weight is 401 g/mol. The standard InChI is InChI=1S/C20H14Cl2N2OS/c21-12-7-8-13(15(22)10-12)20-24-17(14-4-1-2-5-18(14)25-20)11-16(23-24)19-6-3-9-26-19/h1-10,17,20H,11H2/t17-,20+/m1/s1. The molecule has 2 aromatic carbocycles. The third-order valence-corrected chi connectivity index (χ3v) is 6.21. The zero-order chi connectivity index (χ0) is 17.7. The van der Waals surface area contributed by atoms with Crippen LogP contribution >= 0.6 is 34.5 Å². The van der Waals surface area contributed by atoms with Gasteiger partial charge in [0.05, 0.1) is 21.7 Å². The molecule has 1 aromatic heterocycles. The quantitative estimate of drug-likeness (QED) is 0.504. The molecule has 3 heterocycles. The first-order valence-corrected chi connectivity index (χ1v) is 9.94. The molecule has 2 aliphatic heterocycles. The summed E-state index contributed by atoms with van der Waals surface area (Å²) >= 11 is 14.3. The van der Waals surface area contributed by atoms with Crippen molar-refractivity contribution >= 4 is 40.3 Å². The van der Waals surface area contributed by atoms with E-state index in [9.17, 15) is 0 Å². The third-order valence-electron chi connectivity index (χ3n) is 4.73. The van der Waals surface area contributed by atoms with Crippen molar-refractivity contribution in [3.63, 3.8) is 0 Å². The Labute approximate surface area is 165 Å². The summed E-state index contributed by atoms with van der Waals surface area (Å²) in [6.45, 7) is 0. The van der Waals surface area contributed by atoms with E-state index in [1.54, 1.807) is 17.4 Å². The van der Waals surface area contributed by atoms with Crippen molar-refractivity contribution in [1.82, 2.24) is 5.01 Å². The molecule has 0 spiro atoms. The number of para-hydroxylation sites is 1. The van der Waals surface area contributed by atoms with E-state index in [1.807, 2.05) is 35.3 Å². The Balaban J connectivity index is 1.63. The van der Waals surface area contributed by atoms with Gasteiger partial charge in [-0.25, -0.2) is 5.01 Å². The predicted molar refractivity (Wildman–Crippen MR) is 106 cm³/mol. The van der Waals surface area contributed by atoms with Crippen molar-refractivity contribution in [2.45, 2.75) is 18.7 Å². The minimum atomic E-state index is -0.378. The number of benzene rings is 2. The van der Waals surface area contributed by atoms with Gasteiger partial charge >= 0.3 is 0 Å². The number of thiophene rings is 1. The highest BCUT2D eigenvalue weighted by Gasteiger charge is 2.41. The zero-order valence-electron chi connectivity index (χ0n) is 13.6. The summed E-state index contributed by atoms with van der Waals surface area (Å²) < 4.78 is 6.31. The number of nitrogens with zero attached hydrogens (tertiary/aromatic N) is 2. The van der Waals surface area contributed by atoms with Gasteiger partial charge in [0.2, 0.25) is 6.23 Å². The van der Waals surface area contributed by atoms with Gasteiger partial charge in [-0.3, -0.25) is 0 Å². The van der Waals surface area contributed by atoms with Crippen molar-refractivity contribution < 1.29 is 4.74 Å². The van der Waals surface area contributed by atoms with Crippen LogP contribution in [0.2, 0.25) is 10.0 Å². The molecule has 0 unspecified atom stereocenters. The monoisotopic (exact) mass is 400 g/mol. The van der Waals surface area contributed by atoms with Crippen LogP contribution < -0.4 is 4.74 Å². The minimum absolute atomic E-state index is 0.133. The summed E-state index contributed by atoms with van der Waals surface area (Å²) in [6.07, 6.45) is 0.472. The van der Waals surface area contributed by atoms with Gasteiger partial charge in [-0.15, -0.1) is 11.3 Å². The molecule has 0 N–H and O–H groups in total. The molecule has 5 rings (SSSR count). The van der Waals surface area contributed by atoms with Crippen molar-refractivity contribution in [3.05, 3.63) is 86.0 Å². The summed E-state index contributed by atoms with van der Waals surface area (Å²) in [5.41, 5.74) is 3.11. The maximum absolute atomic E-state index is 6.48. The Morgan fingerprint density at radius 2 is 1.92 bits per heavy atom. The highest BCUT2D eigenvalue weighted by Crippen LogP contribution is 2.48. The number of hydrogen-bond acceptors (Lipinski definition) is 4. The van der Waals surface area contributed by atoms with Crippen molar-refractivity contribution in [2.24, 2.45) is 5.10 Å². The van der Waals surface area contributed by atoms with Crippen LogP contribution in [0, 0.1) is 0 Å². The van der Waals surface area contributed by atoms with Crippen LogP contribution in [0.15, 0.2) is 65.1 Å². The Bertz CT molecular complexity index is 1000. The lowest BCUT2D eigenvalue weighted by atomic mass is 9.98. The molecule has 26 heavy (non-hydrogen) atoms. The van der Waals surface area contributed by atoms with Gasteiger partial charge in [-0.2, -0.15) is 5.10 Å². The SMILES string of the molecule is Clc1ccc([C@@H]2Oc3ccccc3[C@H]3CC(c4cccs4)=NN32)c(Cl)c1. The zero-order valence-corrected chi connectivity index (χ0v) is 15.9. The summed E-state index contributed by atoms with van der Waals surface area (Å²) in [5.74, 6) is 0.882. The lowest BCUT2D eigenvalue weighted by molar-refractivity contribution is -0.0189. The predicted octanol–water partition coefficient (Wildman–Crippen LogP) is 6.30. The van der Waals surface area contributed by atoms with Crippen LogP contribution in [-0.4, -0.2) is 10.7 Å². The maximum Gasteiger partial charge on any atom is 0.215 e. The molecule has 0 bridgehead atoms. The van der Waals surface area contributed by atoms with Gasteiger partial charge in [0.15, 0.2) is 0 Å². The molecule has 130 valence electrons. The highest BCUT2D eigenvalue weighted by atomic mass is 35.5. The molecule has 2 atom stereocenters. The van der Waals surface area contributed by atoms with E-state index in [1.165, 1.54) is 4.88 Å². The molecule has 3 nitrogen and oxygen atoms in total. The average Bonchev–Trinajstić information content (AvgIpc) is 3.31. The Morgan fingerprint density at radius 3 is 2.73 bits per heavy atom. The van der Waals surface area contributed by atoms with Gasteiger partial charge in [0.1, 0.15) is 5.75 Å². The topological polar surface area (TPSA) is 24.8 Å². The van der Waals surface area contributed by atoms with Gasteiger partial charge < -0.3 is 4.74 Å². The number of halogens is 2. The van der Waals surface area contributed by atoms with E-state index in [0.29, 0.717) is 10.0 Å². The van der Waals surface area contributed by atoms with E-state index in [2.05, 4.69) is 23.6 Å². The molecule has 0 fully saturated rings. The van der Waals surface area contributed by atoms with Crippen LogP contribution in [0.5, 0.6) is 5.75 Å². The number of rotatable bonds is 2. The van der Waals surface area contributed by atoms with Crippen LogP contribution in [0.25, 0.3) is 0 Å². The van der Waals surface area contributed by atoms with Crippen LogP contribution in [0.3, 0.4) is 0 Å². The molecular formula is C20H14Cl2N2OS. The maximum atomic E-state index is 6.48. The number of ether oxygens (including phenoxy) is 1. The van der Waals surface area contributed by atoms with E-state index in [-0.39, 0.29) is 12.3 Å². The molecule has 0 radical (unpaired) electrons. The second-order valence-corrected chi connectivity index (χ2v) is 8.09. The summed E-state index contributed by atoms with van der Waals surface area (Å²) in [5, 5.41) is 10.2. The Hall–Kier alpha value is -2.01. The summed E-state index contributed by atoms with van der Waals surface area (Å²) in [6, 6.07) is 17.9. The Morgan fingerprint density at radius 1 is 1.04 bits per heavy atom. The Kier molecular flexibility index (Phi) is 3.92. The van der Waals surface area contributed by atoms with Gasteiger partial charge in [-0.1, -0.05) is 53.5 Å². The van der Waals surface area contributed by atoms with Gasteiger partial charge in [-0.05, 0) is 29.6 Å². The lowest BCUT2D eigenvalue weighted by Gasteiger charge is -2.38. The van der Waals surface area contributed by atoms with Gasteiger partial charge in [0.25, 0.3) is 0 Å². The first kappa shape index (κ1) is 16.2. The molecular weight excluding hydrogens is 387 g/mol. The van der Waals surface area contributed by atoms with E-state index in [4.69, 9.17) is 33.0 Å². The smallest absolute Gasteiger partial charge is 0.215 e. The number of fused-ring (bicyclic) bond motifs is 3. The van der Waals surface area contributed by atoms with Gasteiger partial charge in [0, 0.05) is 22.6 Å². The minimum Gasteiger partial charge on any atom is -0.464 e. The molecule has 0 amide bonds. The summed E-state index contributed by atoms with van der Waals surface area (Å²) in [4.78, 5) is 1.19. The number of hydrazone groups is 1. The molecule has 0 aliphatic carbocycles. The molecule has 2 aliphatic rings. The van der Waals surface area contributed by atoms with Crippen LogP contribution in [0.1, 0.15) is 34.7 Å². The highest BCUT2D eigenvalue weighted by molar-refractivity contribution is 7.12. The molecule has 0 saturated heterocycles. The molecule has 0 saturated carbocycles. The number of hydrogen-bond donors (Lipinski definition) is 0. The largest absolute Gasteiger partial charge is 0.464 e. The first-order chi connectivity index (χ1) is 12.7. The molecule has 3 aromatic rings. The molecule has 6 heteroatoms. The van der Waals surface area contributed by atoms with E-state index >= 15 is 0 Å². The van der Waals surface area contributed by atoms with Crippen LogP contribution in [0.4, 0.5) is 0 Å². The summed E-state index contributed by atoms with van der Waals surface area (Å²) in [7, 11) is 0. The third kappa shape index (κ3) is 2.60. The van der Waals surface area contributed by atoms with Crippen molar-refractivity contribution in [2.75, 3.05) is 0 Å². The first-order valence-electron chi connectivity index (χ1n) is 8.31. The normalized spacial score (nSPS) is 21.0. The fourth-order valence-electron chi connectivity index (χ4n) is 3.53. The van der Waals surface area contributed by atoms with E-state index in [0.717, 1.165) is 29.0 Å².